The van der Waals surface area contributed by atoms with E-state index in [0.29, 0.717) is 5.58 Å². The van der Waals surface area contributed by atoms with E-state index in [9.17, 15) is 5.11 Å². The molecule has 0 unspecified atom stereocenters. The molecule has 2 aromatic carbocycles. The second kappa shape index (κ2) is 3.38. The SMILES string of the molecule is Oc1cccc2c(-c3ccccc3)noc12. The summed E-state index contributed by atoms with van der Waals surface area (Å²) in [6.45, 7) is 0. The van der Waals surface area contributed by atoms with Crippen molar-refractivity contribution in [2.24, 2.45) is 0 Å². The average Bonchev–Trinajstić information content (AvgIpc) is 2.75. The Kier molecular flexibility index (Phi) is 1.90. The van der Waals surface area contributed by atoms with Crippen molar-refractivity contribution >= 4 is 11.0 Å². The van der Waals surface area contributed by atoms with E-state index in [1.807, 2.05) is 36.4 Å². The van der Waals surface area contributed by atoms with Gasteiger partial charge in [-0.15, -0.1) is 0 Å². The predicted octanol–water partition coefficient (Wildman–Crippen LogP) is 3.20. The van der Waals surface area contributed by atoms with Crippen LogP contribution < -0.4 is 0 Å². The number of fused-ring (bicyclic) bond motifs is 1. The molecule has 0 aliphatic rings. The molecule has 1 N–H and O–H groups in total. The summed E-state index contributed by atoms with van der Waals surface area (Å²) in [7, 11) is 0. The van der Waals surface area contributed by atoms with Crippen LogP contribution in [0.3, 0.4) is 0 Å². The fraction of sp³-hybridized carbons (Fsp3) is 0. The van der Waals surface area contributed by atoms with Crippen LogP contribution in [-0.4, -0.2) is 10.3 Å². The second-order valence-corrected chi connectivity index (χ2v) is 3.55. The number of phenolic OH excluding ortho intramolecular Hbond substituents is 1. The second-order valence-electron chi connectivity index (χ2n) is 3.55. The van der Waals surface area contributed by atoms with Crippen LogP contribution in [0.2, 0.25) is 0 Å². The van der Waals surface area contributed by atoms with Gasteiger partial charge in [-0.1, -0.05) is 41.6 Å². The van der Waals surface area contributed by atoms with Crippen molar-refractivity contribution in [3.8, 4) is 17.0 Å². The van der Waals surface area contributed by atoms with Gasteiger partial charge in [-0.3, -0.25) is 0 Å². The molecule has 1 aromatic heterocycles. The van der Waals surface area contributed by atoms with Crippen molar-refractivity contribution in [3.05, 3.63) is 48.5 Å². The zero-order chi connectivity index (χ0) is 11.0. The number of hydrogen-bond donors (Lipinski definition) is 1. The lowest BCUT2D eigenvalue weighted by molar-refractivity contribution is 0.424. The molecule has 0 amide bonds. The number of nitrogens with zero attached hydrogens (tertiary/aromatic N) is 1. The van der Waals surface area contributed by atoms with Gasteiger partial charge in [-0.25, -0.2) is 0 Å². The molecule has 0 aliphatic heterocycles. The van der Waals surface area contributed by atoms with E-state index in [1.54, 1.807) is 12.1 Å². The lowest BCUT2D eigenvalue weighted by atomic mass is 10.1. The molecule has 3 nitrogen and oxygen atoms in total. The molecule has 3 aromatic rings. The largest absolute Gasteiger partial charge is 0.504 e. The van der Waals surface area contributed by atoms with Gasteiger partial charge in [0.25, 0.3) is 0 Å². The van der Waals surface area contributed by atoms with Crippen LogP contribution >= 0.6 is 0 Å². The Morgan fingerprint density at radius 3 is 2.56 bits per heavy atom. The van der Waals surface area contributed by atoms with Crippen molar-refractivity contribution < 1.29 is 9.63 Å². The molecule has 0 aliphatic carbocycles. The first-order chi connectivity index (χ1) is 7.86. The Balaban J connectivity index is 2.30. The van der Waals surface area contributed by atoms with Gasteiger partial charge < -0.3 is 9.63 Å². The van der Waals surface area contributed by atoms with E-state index in [1.165, 1.54) is 0 Å². The van der Waals surface area contributed by atoms with Gasteiger partial charge in [0.2, 0.25) is 5.58 Å². The summed E-state index contributed by atoms with van der Waals surface area (Å²) < 4.78 is 5.13. The van der Waals surface area contributed by atoms with Crippen LogP contribution in [-0.2, 0) is 0 Å². The Bertz CT molecular complexity index is 629. The summed E-state index contributed by atoms with van der Waals surface area (Å²) in [6.07, 6.45) is 0. The van der Waals surface area contributed by atoms with Crippen LogP contribution in [0, 0.1) is 0 Å². The predicted molar refractivity (Wildman–Crippen MR) is 61.1 cm³/mol. The Hall–Kier alpha value is -2.29. The quantitative estimate of drug-likeness (QED) is 0.672. The van der Waals surface area contributed by atoms with E-state index in [0.717, 1.165) is 16.6 Å². The van der Waals surface area contributed by atoms with Crippen molar-refractivity contribution in [2.75, 3.05) is 0 Å². The number of hydrogen-bond acceptors (Lipinski definition) is 3. The minimum atomic E-state index is 0.118. The third-order valence-electron chi connectivity index (χ3n) is 2.52. The summed E-state index contributed by atoms with van der Waals surface area (Å²) in [5.41, 5.74) is 2.17. The first-order valence-electron chi connectivity index (χ1n) is 4.99. The molecule has 16 heavy (non-hydrogen) atoms. The highest BCUT2D eigenvalue weighted by Crippen LogP contribution is 2.32. The summed E-state index contributed by atoms with van der Waals surface area (Å²) in [4.78, 5) is 0. The number of aromatic hydroxyl groups is 1. The highest BCUT2D eigenvalue weighted by Gasteiger charge is 2.12. The molecule has 0 saturated heterocycles. The standard InChI is InChI=1S/C13H9NO2/c15-11-8-4-7-10-12(14-16-13(10)11)9-5-2-1-3-6-9/h1-8,15H. The lowest BCUT2D eigenvalue weighted by Gasteiger charge is -1.95. The summed E-state index contributed by atoms with van der Waals surface area (Å²) in [5.74, 6) is 0.118. The van der Waals surface area contributed by atoms with Crippen molar-refractivity contribution in [1.29, 1.82) is 0 Å². The molecule has 3 heteroatoms. The van der Waals surface area contributed by atoms with Crippen LogP contribution in [0.1, 0.15) is 0 Å². The average molecular weight is 211 g/mol. The summed E-state index contributed by atoms with van der Waals surface area (Å²) in [5, 5.41) is 14.4. The Morgan fingerprint density at radius 1 is 0.938 bits per heavy atom. The van der Waals surface area contributed by atoms with Gasteiger partial charge in [0.1, 0.15) is 5.69 Å². The zero-order valence-electron chi connectivity index (χ0n) is 8.42. The van der Waals surface area contributed by atoms with E-state index < -0.39 is 0 Å². The van der Waals surface area contributed by atoms with E-state index in [2.05, 4.69) is 5.16 Å². The number of rotatable bonds is 1. The first kappa shape index (κ1) is 8.97. The van der Waals surface area contributed by atoms with E-state index >= 15 is 0 Å². The molecule has 0 radical (unpaired) electrons. The minimum Gasteiger partial charge on any atom is -0.504 e. The molecule has 0 fully saturated rings. The summed E-state index contributed by atoms with van der Waals surface area (Å²) in [6, 6.07) is 15.0. The topological polar surface area (TPSA) is 46.3 Å². The molecule has 3 rings (SSSR count). The normalized spacial score (nSPS) is 10.8. The van der Waals surface area contributed by atoms with Gasteiger partial charge in [0.05, 0.1) is 5.39 Å². The number of para-hydroxylation sites is 1. The fourth-order valence-electron chi connectivity index (χ4n) is 1.75. The van der Waals surface area contributed by atoms with Crippen molar-refractivity contribution in [1.82, 2.24) is 5.16 Å². The Morgan fingerprint density at radius 2 is 1.75 bits per heavy atom. The van der Waals surface area contributed by atoms with Crippen molar-refractivity contribution in [2.45, 2.75) is 0 Å². The molecular formula is C13H9NO2. The molecule has 78 valence electrons. The highest BCUT2D eigenvalue weighted by molar-refractivity contribution is 5.94. The van der Waals surface area contributed by atoms with Gasteiger partial charge in [0.15, 0.2) is 5.75 Å². The number of benzene rings is 2. The molecule has 0 atom stereocenters. The molecular weight excluding hydrogens is 202 g/mol. The van der Waals surface area contributed by atoms with Crippen LogP contribution in [0.5, 0.6) is 5.75 Å². The third-order valence-corrected chi connectivity index (χ3v) is 2.52. The monoisotopic (exact) mass is 211 g/mol. The fourth-order valence-corrected chi connectivity index (χ4v) is 1.75. The molecule has 1 heterocycles. The maximum absolute atomic E-state index is 9.60. The lowest BCUT2D eigenvalue weighted by Crippen LogP contribution is -1.76. The van der Waals surface area contributed by atoms with Gasteiger partial charge in [-0.2, -0.15) is 0 Å². The highest BCUT2D eigenvalue weighted by atomic mass is 16.5. The van der Waals surface area contributed by atoms with Crippen molar-refractivity contribution in [3.63, 3.8) is 0 Å². The molecule has 0 bridgehead atoms. The number of aromatic nitrogens is 1. The maximum atomic E-state index is 9.60. The van der Waals surface area contributed by atoms with Gasteiger partial charge in [0, 0.05) is 5.56 Å². The number of phenols is 1. The minimum absolute atomic E-state index is 0.118. The molecule has 0 saturated carbocycles. The third kappa shape index (κ3) is 1.26. The Labute approximate surface area is 91.9 Å². The van der Waals surface area contributed by atoms with E-state index in [4.69, 9.17) is 4.52 Å². The van der Waals surface area contributed by atoms with Gasteiger partial charge >= 0.3 is 0 Å². The van der Waals surface area contributed by atoms with Crippen LogP contribution in [0.25, 0.3) is 22.2 Å². The van der Waals surface area contributed by atoms with Crippen LogP contribution in [0.15, 0.2) is 53.1 Å². The first-order valence-corrected chi connectivity index (χ1v) is 4.99. The maximum Gasteiger partial charge on any atom is 0.209 e. The van der Waals surface area contributed by atoms with Crippen LogP contribution in [0.4, 0.5) is 0 Å². The molecule has 0 spiro atoms. The van der Waals surface area contributed by atoms with Gasteiger partial charge in [-0.05, 0) is 12.1 Å². The smallest absolute Gasteiger partial charge is 0.209 e. The summed E-state index contributed by atoms with van der Waals surface area (Å²) >= 11 is 0. The van der Waals surface area contributed by atoms with E-state index in [-0.39, 0.29) is 5.75 Å². The zero-order valence-corrected chi connectivity index (χ0v) is 8.42.